The van der Waals surface area contributed by atoms with Gasteiger partial charge in [-0.2, -0.15) is 0 Å². The normalized spacial score (nSPS) is 10.9. The number of anilines is 1. The fraction of sp³-hybridized carbons (Fsp3) is 0.0938. The fourth-order valence-corrected chi connectivity index (χ4v) is 5.51. The number of halogens is 2. The Hall–Kier alpha value is -4.21. The summed E-state index contributed by atoms with van der Waals surface area (Å²) in [7, 11) is 0. The number of rotatable bonds is 7. The zero-order chi connectivity index (χ0) is 28.9. The summed E-state index contributed by atoms with van der Waals surface area (Å²) in [6, 6.07) is 32.2. The van der Waals surface area contributed by atoms with Gasteiger partial charge in [0.15, 0.2) is 0 Å². The van der Waals surface area contributed by atoms with Crippen LogP contribution in [-0.2, 0) is 9.59 Å². The molecule has 0 aliphatic heterocycles. The molecule has 206 valence electrons. The first-order valence-corrected chi connectivity index (χ1v) is 14.5. The Balaban J connectivity index is 1.37. The lowest BCUT2D eigenvalue weighted by atomic mass is 9.91. The van der Waals surface area contributed by atoms with Gasteiger partial charge in [0.2, 0.25) is 0 Å². The van der Waals surface area contributed by atoms with Gasteiger partial charge in [-0.05, 0) is 66.1 Å². The molecule has 0 unspecified atom stereocenters. The maximum atomic E-state index is 13.4. The predicted molar refractivity (Wildman–Crippen MR) is 169 cm³/mol. The molecule has 1 heterocycles. The van der Waals surface area contributed by atoms with E-state index >= 15 is 0 Å². The van der Waals surface area contributed by atoms with Crippen molar-refractivity contribution in [3.8, 4) is 0 Å². The van der Waals surface area contributed by atoms with Gasteiger partial charge in [0.1, 0.15) is 5.69 Å². The van der Waals surface area contributed by atoms with Crippen molar-refractivity contribution in [2.75, 3.05) is 17.3 Å². The van der Waals surface area contributed by atoms with E-state index in [1.54, 1.807) is 24.3 Å². The monoisotopic (exact) mass is 672 g/mol. The van der Waals surface area contributed by atoms with Crippen LogP contribution in [-0.4, -0.2) is 28.9 Å². The molecular weight excluding hydrogens is 648 g/mol. The molecule has 0 aliphatic carbocycles. The highest BCUT2D eigenvalue weighted by Gasteiger charge is 2.23. The summed E-state index contributed by atoms with van der Waals surface area (Å²) in [5, 5.41) is 6.39. The summed E-state index contributed by atoms with van der Waals surface area (Å²) >= 11 is 6.89. The van der Waals surface area contributed by atoms with Gasteiger partial charge in [0.25, 0.3) is 5.91 Å². The minimum Gasteiger partial charge on any atom is -0.347 e. The second-order valence-electron chi connectivity index (χ2n) is 9.51. The summed E-state index contributed by atoms with van der Waals surface area (Å²) in [5.74, 6) is -2.28. The molecule has 3 amide bonds. The molecular formula is C32H26Br2N4O3. The zero-order valence-electron chi connectivity index (χ0n) is 22.0. The number of hydrogen-bond donors (Lipinski definition) is 3. The van der Waals surface area contributed by atoms with Crippen LogP contribution in [0.3, 0.4) is 0 Å². The minimum absolute atomic E-state index is 0.144. The standard InChI is InChI=1S/C32H26Br2N4O3/c1-20-16-24(33)12-14-27(20)36-30(39)29-18-23-17-25(34)13-15-28(23)38(29)37-32(41)31(40)35-19-26(21-8-4-2-5-9-21)22-10-6-3-7-11-22/h2-18,26H,19H2,1H3,(H,35,40)(H,36,39)(H,37,41). The molecule has 7 nitrogen and oxygen atoms in total. The lowest BCUT2D eigenvalue weighted by molar-refractivity contribution is -0.136. The Kier molecular flexibility index (Phi) is 8.66. The van der Waals surface area contributed by atoms with Gasteiger partial charge in [-0.25, -0.2) is 4.68 Å². The van der Waals surface area contributed by atoms with E-state index in [2.05, 4.69) is 47.9 Å². The van der Waals surface area contributed by atoms with Crippen molar-refractivity contribution in [2.24, 2.45) is 0 Å². The molecule has 5 rings (SSSR count). The predicted octanol–water partition coefficient (Wildman–Crippen LogP) is 6.75. The van der Waals surface area contributed by atoms with Crippen LogP contribution in [0, 0.1) is 6.92 Å². The van der Waals surface area contributed by atoms with Crippen molar-refractivity contribution in [1.82, 2.24) is 9.99 Å². The number of benzene rings is 4. The average Bonchev–Trinajstić information content (AvgIpc) is 3.32. The van der Waals surface area contributed by atoms with Gasteiger partial charge in [-0.15, -0.1) is 0 Å². The number of carbonyl (C=O) groups is 3. The van der Waals surface area contributed by atoms with E-state index in [1.807, 2.05) is 85.8 Å². The number of aryl methyl sites for hydroxylation is 1. The van der Waals surface area contributed by atoms with Crippen molar-refractivity contribution < 1.29 is 14.4 Å². The van der Waals surface area contributed by atoms with Gasteiger partial charge < -0.3 is 10.6 Å². The topological polar surface area (TPSA) is 92.2 Å². The van der Waals surface area contributed by atoms with Crippen LogP contribution in [0.5, 0.6) is 0 Å². The number of carbonyl (C=O) groups excluding carboxylic acids is 3. The summed E-state index contributed by atoms with van der Waals surface area (Å²) in [6.07, 6.45) is 0. The molecule has 1 aromatic heterocycles. The second-order valence-corrected chi connectivity index (χ2v) is 11.3. The van der Waals surface area contributed by atoms with E-state index in [9.17, 15) is 14.4 Å². The number of fused-ring (bicyclic) bond motifs is 1. The molecule has 4 aromatic carbocycles. The molecule has 41 heavy (non-hydrogen) atoms. The van der Waals surface area contributed by atoms with E-state index in [1.165, 1.54) is 4.68 Å². The van der Waals surface area contributed by atoms with Crippen LogP contribution >= 0.6 is 31.9 Å². The summed E-state index contributed by atoms with van der Waals surface area (Å²) in [5.41, 5.74) is 6.91. The Labute approximate surface area is 254 Å². The Bertz CT molecular complexity index is 1700. The van der Waals surface area contributed by atoms with Gasteiger partial charge in [-0.3, -0.25) is 19.8 Å². The third-order valence-electron chi connectivity index (χ3n) is 6.72. The van der Waals surface area contributed by atoms with Crippen LogP contribution in [0.1, 0.15) is 33.1 Å². The number of amides is 3. The molecule has 5 aromatic rings. The third kappa shape index (κ3) is 6.58. The molecule has 9 heteroatoms. The summed E-state index contributed by atoms with van der Waals surface area (Å²) < 4.78 is 3.06. The lowest BCUT2D eigenvalue weighted by Crippen LogP contribution is -2.41. The van der Waals surface area contributed by atoms with Gasteiger partial charge >= 0.3 is 11.8 Å². The Morgan fingerprint density at radius 1 is 0.756 bits per heavy atom. The number of nitrogens with zero attached hydrogens (tertiary/aromatic N) is 1. The molecule has 0 fully saturated rings. The Morgan fingerprint density at radius 2 is 1.37 bits per heavy atom. The number of aromatic nitrogens is 1. The Morgan fingerprint density at radius 3 is 2.00 bits per heavy atom. The first-order chi connectivity index (χ1) is 19.8. The van der Waals surface area contributed by atoms with E-state index < -0.39 is 17.7 Å². The lowest BCUT2D eigenvalue weighted by Gasteiger charge is -2.19. The summed E-state index contributed by atoms with van der Waals surface area (Å²) in [6.45, 7) is 2.10. The first kappa shape index (κ1) is 28.3. The largest absolute Gasteiger partial charge is 0.347 e. The van der Waals surface area contributed by atoms with Crippen molar-refractivity contribution in [1.29, 1.82) is 0 Å². The maximum absolute atomic E-state index is 13.4. The third-order valence-corrected chi connectivity index (χ3v) is 7.71. The number of hydrogen-bond acceptors (Lipinski definition) is 3. The van der Waals surface area contributed by atoms with Crippen LogP contribution < -0.4 is 16.1 Å². The molecule has 0 atom stereocenters. The van der Waals surface area contributed by atoms with Crippen molar-refractivity contribution in [3.05, 3.63) is 134 Å². The quantitative estimate of drug-likeness (QED) is 0.167. The molecule has 3 N–H and O–H groups in total. The maximum Gasteiger partial charge on any atom is 0.328 e. The van der Waals surface area contributed by atoms with Crippen molar-refractivity contribution in [3.63, 3.8) is 0 Å². The van der Waals surface area contributed by atoms with E-state index in [-0.39, 0.29) is 18.2 Å². The smallest absolute Gasteiger partial charge is 0.328 e. The van der Waals surface area contributed by atoms with Crippen LogP contribution in [0.15, 0.2) is 112 Å². The SMILES string of the molecule is Cc1cc(Br)ccc1NC(=O)c1cc2cc(Br)ccc2n1NC(=O)C(=O)NCC(c1ccccc1)c1ccccc1. The highest BCUT2D eigenvalue weighted by molar-refractivity contribution is 9.10. The molecule has 0 saturated heterocycles. The fourth-order valence-electron chi connectivity index (χ4n) is 4.65. The molecule has 0 radical (unpaired) electrons. The average molecular weight is 674 g/mol. The van der Waals surface area contributed by atoms with Gasteiger partial charge in [0, 0.05) is 32.5 Å². The van der Waals surface area contributed by atoms with Crippen molar-refractivity contribution >= 4 is 66.2 Å². The first-order valence-electron chi connectivity index (χ1n) is 12.9. The molecule has 0 saturated carbocycles. The van der Waals surface area contributed by atoms with Crippen molar-refractivity contribution in [2.45, 2.75) is 12.8 Å². The van der Waals surface area contributed by atoms with E-state index in [0.29, 0.717) is 16.6 Å². The summed E-state index contributed by atoms with van der Waals surface area (Å²) in [4.78, 5) is 39.6. The highest BCUT2D eigenvalue weighted by atomic mass is 79.9. The van der Waals surface area contributed by atoms with E-state index in [0.717, 1.165) is 25.6 Å². The highest BCUT2D eigenvalue weighted by Crippen LogP contribution is 2.26. The zero-order valence-corrected chi connectivity index (χ0v) is 25.2. The van der Waals surface area contributed by atoms with E-state index in [4.69, 9.17) is 0 Å². The molecule has 0 spiro atoms. The molecule has 0 bridgehead atoms. The number of nitrogens with one attached hydrogen (secondary N) is 3. The molecule has 0 aliphatic rings. The van der Waals surface area contributed by atoms with Crippen LogP contribution in [0.25, 0.3) is 10.9 Å². The second kappa shape index (κ2) is 12.5. The van der Waals surface area contributed by atoms with Crippen LogP contribution in [0.2, 0.25) is 0 Å². The van der Waals surface area contributed by atoms with Gasteiger partial charge in [0.05, 0.1) is 5.52 Å². The van der Waals surface area contributed by atoms with Crippen LogP contribution in [0.4, 0.5) is 5.69 Å². The van der Waals surface area contributed by atoms with Gasteiger partial charge in [-0.1, -0.05) is 92.5 Å². The minimum atomic E-state index is -0.890.